The highest BCUT2D eigenvalue weighted by atomic mass is 16.5. The average molecular weight is 473 g/mol. The molecular weight excluding hydrogens is 432 g/mol. The van der Waals surface area contributed by atoms with Crippen molar-refractivity contribution in [1.82, 2.24) is 0 Å². The number of fused-ring (bicyclic) bond motifs is 2. The van der Waals surface area contributed by atoms with Crippen LogP contribution in [0.1, 0.15) is 84.5 Å². The number of aliphatic hydroxyl groups excluding tert-OH is 2. The van der Waals surface area contributed by atoms with Gasteiger partial charge in [-0.1, -0.05) is 13.5 Å². The summed E-state index contributed by atoms with van der Waals surface area (Å²) < 4.78 is 5.85. The van der Waals surface area contributed by atoms with Crippen LogP contribution in [-0.4, -0.2) is 46.6 Å². The van der Waals surface area contributed by atoms with Crippen molar-refractivity contribution >= 4 is 17.5 Å². The zero-order valence-electron chi connectivity index (χ0n) is 20.7. The molecule has 0 heterocycles. The first-order chi connectivity index (χ1) is 16.1. The maximum Gasteiger partial charge on any atom is 0.302 e. The summed E-state index contributed by atoms with van der Waals surface area (Å²) in [5.74, 6) is 1.15. The highest BCUT2D eigenvalue weighted by Crippen LogP contribution is 2.85. The maximum absolute atomic E-state index is 12.7. The van der Waals surface area contributed by atoms with Gasteiger partial charge in [-0.3, -0.25) is 14.4 Å². The zero-order chi connectivity index (χ0) is 24.5. The molecule has 5 fully saturated rings. The Hall–Kier alpha value is -1.53. The molecule has 0 aromatic carbocycles. The molecular formula is C28H40O6. The number of ketones is 2. The van der Waals surface area contributed by atoms with Gasteiger partial charge in [0.1, 0.15) is 18.0 Å². The monoisotopic (exact) mass is 472 g/mol. The van der Waals surface area contributed by atoms with Gasteiger partial charge in [-0.25, -0.2) is 0 Å². The van der Waals surface area contributed by atoms with E-state index in [1.165, 1.54) is 13.3 Å². The summed E-state index contributed by atoms with van der Waals surface area (Å²) >= 11 is 0. The Morgan fingerprint density at radius 2 is 1.94 bits per heavy atom. The number of hydrogen-bond donors (Lipinski definition) is 2. The molecule has 0 aromatic heterocycles. The van der Waals surface area contributed by atoms with Gasteiger partial charge in [-0.05, 0) is 97.4 Å². The molecule has 188 valence electrons. The molecule has 2 N–H and O–H groups in total. The predicted octanol–water partition coefficient (Wildman–Crippen LogP) is 3.77. The minimum absolute atomic E-state index is 0.0833. The van der Waals surface area contributed by atoms with E-state index in [9.17, 15) is 19.5 Å². The van der Waals surface area contributed by atoms with Crippen molar-refractivity contribution in [2.45, 2.75) is 96.7 Å². The normalized spacial score (nSPS) is 45.3. The molecule has 2 spiro atoms. The zero-order valence-corrected chi connectivity index (χ0v) is 20.7. The van der Waals surface area contributed by atoms with Crippen molar-refractivity contribution in [1.29, 1.82) is 0 Å². The fourth-order valence-electron chi connectivity index (χ4n) is 9.67. The van der Waals surface area contributed by atoms with Gasteiger partial charge in [0.2, 0.25) is 0 Å². The van der Waals surface area contributed by atoms with Gasteiger partial charge in [-0.15, -0.1) is 0 Å². The Kier molecular flexibility index (Phi) is 5.87. The van der Waals surface area contributed by atoms with E-state index < -0.39 is 11.9 Å². The summed E-state index contributed by atoms with van der Waals surface area (Å²) in [5.41, 5.74) is 0.820. The van der Waals surface area contributed by atoms with Gasteiger partial charge in [0.05, 0.1) is 0 Å². The third kappa shape index (κ3) is 3.38. The van der Waals surface area contributed by atoms with Gasteiger partial charge in [0, 0.05) is 32.3 Å². The first kappa shape index (κ1) is 24.2. The number of ether oxygens (including phenoxy) is 1. The highest BCUT2D eigenvalue weighted by Gasteiger charge is 2.78. The molecule has 34 heavy (non-hydrogen) atoms. The molecule has 5 aliphatic rings. The van der Waals surface area contributed by atoms with E-state index in [2.05, 4.69) is 13.5 Å². The fraction of sp³-hybridized carbons (Fsp3) is 0.821. The Morgan fingerprint density at radius 1 is 1.18 bits per heavy atom. The third-order valence-electron chi connectivity index (χ3n) is 11.2. The number of aliphatic hydroxyl groups is 2. The summed E-state index contributed by atoms with van der Waals surface area (Å²) in [6.45, 7) is 7.30. The smallest absolute Gasteiger partial charge is 0.302 e. The summed E-state index contributed by atoms with van der Waals surface area (Å²) in [7, 11) is 0. The lowest BCUT2D eigenvalue weighted by Crippen LogP contribution is -2.49. The Labute approximate surface area is 202 Å². The number of carbonyl (C=O) groups is 3. The maximum atomic E-state index is 12.7. The minimum Gasteiger partial charge on any atom is -0.462 e. The van der Waals surface area contributed by atoms with Crippen molar-refractivity contribution in [2.75, 3.05) is 6.61 Å². The molecule has 6 nitrogen and oxygen atoms in total. The van der Waals surface area contributed by atoms with Crippen molar-refractivity contribution < 1.29 is 29.3 Å². The molecule has 0 aliphatic heterocycles. The second kappa shape index (κ2) is 8.26. The number of esters is 1. The topological polar surface area (TPSA) is 101 Å². The van der Waals surface area contributed by atoms with Gasteiger partial charge < -0.3 is 14.9 Å². The lowest BCUT2D eigenvalue weighted by Gasteiger charge is -2.55. The molecule has 0 bridgehead atoms. The Balaban J connectivity index is 1.40. The van der Waals surface area contributed by atoms with E-state index >= 15 is 0 Å². The first-order valence-corrected chi connectivity index (χ1v) is 13.3. The van der Waals surface area contributed by atoms with Gasteiger partial charge >= 0.3 is 5.97 Å². The summed E-state index contributed by atoms with van der Waals surface area (Å²) in [6, 6.07) is 0. The van der Waals surface area contributed by atoms with E-state index in [-0.39, 0.29) is 48.4 Å². The van der Waals surface area contributed by atoms with E-state index in [0.717, 1.165) is 51.4 Å². The summed E-state index contributed by atoms with van der Waals surface area (Å²) in [6.07, 6.45) is 7.93. The average Bonchev–Trinajstić information content (AvgIpc) is 3.38. The number of rotatable bonds is 7. The molecule has 0 amide bonds. The second-order valence-electron chi connectivity index (χ2n) is 12.4. The lowest BCUT2D eigenvalue weighted by atomic mass is 9.49. The SMILES string of the molecule is C=C(CCO)C(=O)C(O)CC1C(OC(C)=O)CC2C3CCC4CC(=O)CCC45CC35CCC12C. The van der Waals surface area contributed by atoms with E-state index in [1.54, 1.807) is 0 Å². The van der Waals surface area contributed by atoms with Crippen molar-refractivity contribution in [3.63, 3.8) is 0 Å². The van der Waals surface area contributed by atoms with Crippen LogP contribution in [-0.2, 0) is 19.1 Å². The Morgan fingerprint density at radius 3 is 2.65 bits per heavy atom. The van der Waals surface area contributed by atoms with Crippen molar-refractivity contribution in [2.24, 2.45) is 39.9 Å². The molecule has 6 heteroatoms. The minimum atomic E-state index is -1.19. The molecule has 0 radical (unpaired) electrons. The fourth-order valence-corrected chi connectivity index (χ4v) is 9.67. The summed E-state index contributed by atoms with van der Waals surface area (Å²) in [5, 5.41) is 20.0. The van der Waals surface area contributed by atoms with Crippen LogP contribution in [0.4, 0.5) is 0 Å². The van der Waals surface area contributed by atoms with Crippen molar-refractivity contribution in [3.8, 4) is 0 Å². The van der Waals surface area contributed by atoms with Crippen LogP contribution < -0.4 is 0 Å². The van der Waals surface area contributed by atoms with Gasteiger partial charge in [0.15, 0.2) is 5.78 Å². The Bertz CT molecular complexity index is 911. The lowest BCUT2D eigenvalue weighted by molar-refractivity contribution is -0.150. The van der Waals surface area contributed by atoms with Crippen LogP contribution in [0.25, 0.3) is 0 Å². The standard InChI is InChI=1S/C28H40O6/c1-16(7-11-29)25(33)23(32)13-22-24(34-17(2)30)14-21-20-5-4-18-12-19(31)6-8-27(18)15-28(20,27)10-9-26(21,22)3/h18,20-24,29,32H,1,4-15H2,2-3H3. The van der Waals surface area contributed by atoms with Crippen LogP contribution >= 0.6 is 0 Å². The first-order valence-electron chi connectivity index (χ1n) is 13.3. The van der Waals surface area contributed by atoms with Gasteiger partial charge in [0.25, 0.3) is 0 Å². The van der Waals surface area contributed by atoms with Crippen LogP contribution in [0.2, 0.25) is 0 Å². The van der Waals surface area contributed by atoms with E-state index in [1.807, 2.05) is 0 Å². The predicted molar refractivity (Wildman–Crippen MR) is 126 cm³/mol. The molecule has 0 aromatic rings. The second-order valence-corrected chi connectivity index (χ2v) is 12.4. The van der Waals surface area contributed by atoms with E-state index in [4.69, 9.17) is 9.84 Å². The van der Waals surface area contributed by atoms with Crippen LogP contribution in [0.15, 0.2) is 12.2 Å². The highest BCUT2D eigenvalue weighted by molar-refractivity contribution is 5.98. The van der Waals surface area contributed by atoms with Crippen LogP contribution in [0, 0.1) is 39.9 Å². The molecule has 5 rings (SSSR count). The molecule has 9 unspecified atom stereocenters. The number of Topliss-reactive ketones (excluding diaryl/α,β-unsaturated/α-hetero) is 2. The van der Waals surface area contributed by atoms with E-state index in [0.29, 0.717) is 34.4 Å². The van der Waals surface area contributed by atoms with Gasteiger partial charge in [-0.2, -0.15) is 0 Å². The quantitative estimate of drug-likeness (QED) is 0.432. The molecule has 5 saturated carbocycles. The molecule has 9 atom stereocenters. The number of hydrogen-bond acceptors (Lipinski definition) is 6. The van der Waals surface area contributed by atoms with Crippen molar-refractivity contribution in [3.05, 3.63) is 12.2 Å². The number of carbonyl (C=O) groups excluding carboxylic acids is 3. The molecule has 0 saturated heterocycles. The van der Waals surface area contributed by atoms with Crippen LogP contribution in [0.3, 0.4) is 0 Å². The van der Waals surface area contributed by atoms with Crippen LogP contribution in [0.5, 0.6) is 0 Å². The largest absolute Gasteiger partial charge is 0.462 e. The third-order valence-corrected chi connectivity index (χ3v) is 11.2. The molecule has 5 aliphatic carbocycles. The summed E-state index contributed by atoms with van der Waals surface area (Å²) in [4.78, 5) is 36.9.